The molecule has 1 fully saturated rings. The molecule has 1 heterocycles. The summed E-state index contributed by atoms with van der Waals surface area (Å²) in [5, 5.41) is 5.61. The molecular formula is C17H23ClFN3O2. The molecule has 1 aromatic carbocycles. The second-order valence-electron chi connectivity index (χ2n) is 6.18. The molecule has 0 radical (unpaired) electrons. The predicted molar refractivity (Wildman–Crippen MR) is 91.1 cm³/mol. The molecule has 0 aliphatic carbocycles. The highest BCUT2D eigenvalue weighted by Gasteiger charge is 2.31. The fourth-order valence-electron chi connectivity index (χ4n) is 3.01. The first-order valence-electron chi connectivity index (χ1n) is 8.04. The molecular weight excluding hydrogens is 333 g/mol. The Balaban J connectivity index is 1.80. The number of likely N-dealkylation sites (tertiary alicyclic amines) is 1. The number of carbonyl (C=O) groups excluding carboxylic acids is 2. The van der Waals surface area contributed by atoms with E-state index in [1.54, 1.807) is 12.1 Å². The van der Waals surface area contributed by atoms with Crippen molar-refractivity contribution in [3.05, 3.63) is 34.6 Å². The molecule has 2 amide bonds. The summed E-state index contributed by atoms with van der Waals surface area (Å²) in [6.07, 6.45) is 2.20. The highest BCUT2D eigenvalue weighted by molar-refractivity contribution is 6.30. The lowest BCUT2D eigenvalue weighted by atomic mass is 10.1. The molecule has 7 heteroatoms. The Kier molecular flexibility index (Phi) is 6.57. The van der Waals surface area contributed by atoms with Crippen molar-refractivity contribution in [2.24, 2.45) is 0 Å². The molecule has 1 aromatic rings. The summed E-state index contributed by atoms with van der Waals surface area (Å²) in [5.74, 6) is -0.660. The van der Waals surface area contributed by atoms with Gasteiger partial charge < -0.3 is 10.6 Å². The average Bonchev–Trinajstić information content (AvgIpc) is 2.87. The van der Waals surface area contributed by atoms with Gasteiger partial charge in [0.05, 0.1) is 5.02 Å². The van der Waals surface area contributed by atoms with Crippen LogP contribution in [0.2, 0.25) is 5.02 Å². The first kappa shape index (κ1) is 18.7. The van der Waals surface area contributed by atoms with Gasteiger partial charge >= 0.3 is 0 Å². The lowest BCUT2D eigenvalue weighted by Gasteiger charge is -2.25. The van der Waals surface area contributed by atoms with Crippen molar-refractivity contribution in [3.8, 4) is 0 Å². The SMILES string of the molecule is CC(=O)NC[C@H]1CC[C@@H](CC(=O)NCc2cccc(Cl)c2F)N1C. The summed E-state index contributed by atoms with van der Waals surface area (Å²) >= 11 is 5.73. The van der Waals surface area contributed by atoms with E-state index in [9.17, 15) is 14.0 Å². The van der Waals surface area contributed by atoms with Crippen molar-refractivity contribution >= 4 is 23.4 Å². The number of halogens is 2. The van der Waals surface area contributed by atoms with Gasteiger partial charge in [-0.3, -0.25) is 14.5 Å². The van der Waals surface area contributed by atoms with Crippen LogP contribution in [0.3, 0.4) is 0 Å². The van der Waals surface area contributed by atoms with Gasteiger partial charge in [-0.15, -0.1) is 0 Å². The second kappa shape index (κ2) is 8.44. The summed E-state index contributed by atoms with van der Waals surface area (Å²) in [6, 6.07) is 5.12. The maximum absolute atomic E-state index is 13.8. The number of amides is 2. The van der Waals surface area contributed by atoms with Crippen LogP contribution in [0, 0.1) is 5.82 Å². The van der Waals surface area contributed by atoms with Crippen LogP contribution >= 0.6 is 11.6 Å². The standard InChI is InChI=1S/C17H23ClFN3O2/c1-11(23)20-10-14-7-6-13(22(14)2)8-16(24)21-9-12-4-3-5-15(18)17(12)19/h3-5,13-14H,6-10H2,1-2H3,(H,20,23)(H,21,24)/t13-,14+/m0/s1. The van der Waals surface area contributed by atoms with Crippen LogP contribution in [0.1, 0.15) is 31.7 Å². The van der Waals surface area contributed by atoms with Gasteiger partial charge in [-0.1, -0.05) is 23.7 Å². The zero-order valence-electron chi connectivity index (χ0n) is 13.9. The lowest BCUT2D eigenvalue weighted by Crippen LogP contribution is -2.42. The molecule has 24 heavy (non-hydrogen) atoms. The molecule has 2 N–H and O–H groups in total. The number of hydrogen-bond acceptors (Lipinski definition) is 3. The lowest BCUT2D eigenvalue weighted by molar-refractivity contribution is -0.122. The topological polar surface area (TPSA) is 61.4 Å². The minimum Gasteiger partial charge on any atom is -0.355 e. The highest BCUT2D eigenvalue weighted by atomic mass is 35.5. The van der Waals surface area contributed by atoms with Crippen molar-refractivity contribution < 1.29 is 14.0 Å². The van der Waals surface area contributed by atoms with E-state index in [1.807, 2.05) is 7.05 Å². The van der Waals surface area contributed by atoms with Gasteiger partial charge in [-0.05, 0) is 26.0 Å². The third kappa shape index (κ3) is 4.92. The van der Waals surface area contributed by atoms with Crippen LogP contribution in [-0.4, -0.2) is 42.4 Å². The van der Waals surface area contributed by atoms with Gasteiger partial charge in [0.15, 0.2) is 0 Å². The molecule has 2 atom stereocenters. The second-order valence-corrected chi connectivity index (χ2v) is 6.59. The Morgan fingerprint density at radius 1 is 1.29 bits per heavy atom. The van der Waals surface area contributed by atoms with Crippen molar-refractivity contribution in [1.29, 1.82) is 0 Å². The number of likely N-dealkylation sites (N-methyl/N-ethyl adjacent to an activating group) is 1. The minimum atomic E-state index is -0.493. The Labute approximate surface area is 146 Å². The minimum absolute atomic E-state index is 0.0480. The highest BCUT2D eigenvalue weighted by Crippen LogP contribution is 2.24. The quantitative estimate of drug-likeness (QED) is 0.821. The Bertz CT molecular complexity index is 611. The van der Waals surface area contributed by atoms with Crippen molar-refractivity contribution in [1.82, 2.24) is 15.5 Å². The number of nitrogens with one attached hydrogen (secondary N) is 2. The van der Waals surface area contributed by atoms with Gasteiger partial charge in [0.1, 0.15) is 5.82 Å². The third-order valence-electron chi connectivity index (χ3n) is 4.50. The summed E-state index contributed by atoms with van der Waals surface area (Å²) in [6.45, 7) is 2.21. The van der Waals surface area contributed by atoms with Gasteiger partial charge in [-0.25, -0.2) is 4.39 Å². The van der Waals surface area contributed by atoms with Crippen molar-refractivity contribution in [2.45, 2.75) is 44.8 Å². The summed E-state index contributed by atoms with van der Waals surface area (Å²) in [7, 11) is 1.97. The van der Waals surface area contributed by atoms with Crippen LogP contribution in [0.4, 0.5) is 4.39 Å². The molecule has 0 saturated carbocycles. The van der Waals surface area contributed by atoms with Crippen LogP contribution < -0.4 is 10.6 Å². The molecule has 0 aromatic heterocycles. The molecule has 1 aliphatic rings. The fourth-order valence-corrected chi connectivity index (χ4v) is 3.20. The normalized spacial score (nSPS) is 20.8. The average molecular weight is 356 g/mol. The Morgan fingerprint density at radius 2 is 2.00 bits per heavy atom. The van der Waals surface area contributed by atoms with E-state index < -0.39 is 5.82 Å². The zero-order chi connectivity index (χ0) is 17.7. The summed E-state index contributed by atoms with van der Waals surface area (Å²) in [4.78, 5) is 25.3. The van der Waals surface area contributed by atoms with Crippen LogP contribution in [0.15, 0.2) is 18.2 Å². The van der Waals surface area contributed by atoms with Gasteiger partial charge in [0.2, 0.25) is 11.8 Å². The molecule has 1 aliphatic heterocycles. The molecule has 0 spiro atoms. The smallest absolute Gasteiger partial charge is 0.221 e. The largest absolute Gasteiger partial charge is 0.355 e. The molecule has 5 nitrogen and oxygen atoms in total. The van der Waals surface area contributed by atoms with Crippen molar-refractivity contribution in [3.63, 3.8) is 0 Å². The molecule has 0 bridgehead atoms. The maximum Gasteiger partial charge on any atom is 0.221 e. The molecule has 2 rings (SSSR count). The fraction of sp³-hybridized carbons (Fsp3) is 0.529. The summed E-state index contributed by atoms with van der Waals surface area (Å²) in [5.41, 5.74) is 0.374. The predicted octanol–water partition coefficient (Wildman–Crippen LogP) is 2.08. The monoisotopic (exact) mass is 355 g/mol. The van der Waals surface area contributed by atoms with E-state index in [-0.39, 0.29) is 35.5 Å². The van der Waals surface area contributed by atoms with Crippen LogP contribution in [-0.2, 0) is 16.1 Å². The first-order chi connectivity index (χ1) is 11.4. The summed E-state index contributed by atoms with van der Waals surface area (Å²) < 4.78 is 13.8. The van der Waals surface area contributed by atoms with E-state index >= 15 is 0 Å². The number of nitrogens with zero attached hydrogens (tertiary/aromatic N) is 1. The van der Waals surface area contributed by atoms with Crippen LogP contribution in [0.5, 0.6) is 0 Å². The van der Waals surface area contributed by atoms with Crippen molar-refractivity contribution in [2.75, 3.05) is 13.6 Å². The number of hydrogen-bond donors (Lipinski definition) is 2. The molecule has 132 valence electrons. The number of benzene rings is 1. The third-order valence-corrected chi connectivity index (χ3v) is 4.79. The van der Waals surface area contributed by atoms with Crippen LogP contribution in [0.25, 0.3) is 0 Å². The Hall–Kier alpha value is -1.66. The molecule has 0 unspecified atom stereocenters. The van der Waals surface area contributed by atoms with Gasteiger partial charge in [-0.2, -0.15) is 0 Å². The van der Waals surface area contributed by atoms with Gasteiger partial charge in [0.25, 0.3) is 0 Å². The number of carbonyl (C=O) groups is 2. The first-order valence-corrected chi connectivity index (χ1v) is 8.42. The van der Waals surface area contributed by atoms with E-state index in [1.165, 1.54) is 13.0 Å². The van der Waals surface area contributed by atoms with E-state index in [0.29, 0.717) is 18.5 Å². The zero-order valence-corrected chi connectivity index (χ0v) is 14.7. The van der Waals surface area contributed by atoms with Gasteiger partial charge in [0, 0.05) is 44.1 Å². The molecule has 1 saturated heterocycles. The van der Waals surface area contributed by atoms with E-state index in [0.717, 1.165) is 12.8 Å². The Morgan fingerprint density at radius 3 is 2.71 bits per heavy atom. The number of rotatable bonds is 6. The van der Waals surface area contributed by atoms with E-state index in [4.69, 9.17) is 11.6 Å². The van der Waals surface area contributed by atoms with E-state index in [2.05, 4.69) is 15.5 Å². The maximum atomic E-state index is 13.8.